The maximum Gasteiger partial charge on any atom is 0.268 e. The van der Waals surface area contributed by atoms with Crippen LogP contribution in [0, 0.1) is 0 Å². The minimum absolute atomic E-state index is 0.0449. The lowest BCUT2D eigenvalue weighted by molar-refractivity contribution is 0.0914. The first-order chi connectivity index (χ1) is 10.4. The summed E-state index contributed by atoms with van der Waals surface area (Å²) in [6.45, 7) is 5.52. The molecule has 0 aromatic carbocycles. The van der Waals surface area contributed by atoms with Crippen LogP contribution in [0.5, 0.6) is 0 Å². The van der Waals surface area contributed by atoms with E-state index >= 15 is 0 Å². The van der Waals surface area contributed by atoms with Crippen molar-refractivity contribution in [1.29, 1.82) is 0 Å². The molecule has 2 unspecified atom stereocenters. The largest absolute Gasteiger partial charge is 0.351 e. The highest BCUT2D eigenvalue weighted by Crippen LogP contribution is 2.19. The third-order valence-electron chi connectivity index (χ3n) is 3.94. The fourth-order valence-corrected chi connectivity index (χ4v) is 2.89. The van der Waals surface area contributed by atoms with Crippen molar-refractivity contribution < 1.29 is 4.79 Å². The van der Waals surface area contributed by atoms with Gasteiger partial charge in [0.2, 0.25) is 0 Å². The van der Waals surface area contributed by atoms with Crippen LogP contribution in [0.1, 0.15) is 47.9 Å². The van der Waals surface area contributed by atoms with Gasteiger partial charge in [-0.1, -0.05) is 18.2 Å². The van der Waals surface area contributed by atoms with Gasteiger partial charge in [-0.05, 0) is 44.4 Å². The molecule has 0 saturated heterocycles. The molecule has 1 aliphatic carbocycles. The molecule has 1 aliphatic rings. The maximum absolute atomic E-state index is 12.4. The number of aromatic nitrogens is 1. The summed E-state index contributed by atoms with van der Waals surface area (Å²) in [6.07, 6.45) is 5.86. The summed E-state index contributed by atoms with van der Waals surface area (Å²) >= 11 is 5.90. The summed E-state index contributed by atoms with van der Waals surface area (Å²) in [5.41, 5.74) is 14.0. The molecule has 0 bridgehead atoms. The number of aromatic amines is 1. The standard InChI is InChI=1S/C16H23ClN4O/c1-3-13-10(6-9(2)17)7-15(20-13)16(22)21-14-5-4-11(18)8-12(14)19/h3,6-7,11-12,14,20H,1,4-5,8,18-19H2,2H3,(H,21,22)/b9-6+/t11?,12-,14?/m1/s1. The zero-order valence-corrected chi connectivity index (χ0v) is 13.5. The first-order valence-corrected chi connectivity index (χ1v) is 7.79. The van der Waals surface area contributed by atoms with E-state index in [1.54, 1.807) is 25.1 Å². The average molecular weight is 323 g/mol. The van der Waals surface area contributed by atoms with Crippen LogP contribution in [0.2, 0.25) is 0 Å². The first-order valence-electron chi connectivity index (χ1n) is 7.42. The summed E-state index contributed by atoms with van der Waals surface area (Å²) in [6, 6.07) is 1.74. The van der Waals surface area contributed by atoms with Gasteiger partial charge in [0.15, 0.2) is 0 Å². The van der Waals surface area contributed by atoms with Gasteiger partial charge in [-0.25, -0.2) is 0 Å². The highest BCUT2D eigenvalue weighted by atomic mass is 35.5. The Morgan fingerprint density at radius 2 is 2.23 bits per heavy atom. The number of carbonyl (C=O) groups excluding carboxylic acids is 1. The number of rotatable bonds is 4. The van der Waals surface area contributed by atoms with Crippen LogP contribution in [-0.2, 0) is 0 Å². The Balaban J connectivity index is 2.11. The number of carbonyl (C=O) groups is 1. The molecule has 0 radical (unpaired) electrons. The maximum atomic E-state index is 12.4. The van der Waals surface area contributed by atoms with Gasteiger partial charge in [-0.2, -0.15) is 0 Å². The predicted octanol–water partition coefficient (Wildman–Crippen LogP) is 2.19. The molecule has 1 aromatic rings. The summed E-state index contributed by atoms with van der Waals surface area (Å²) in [5, 5.41) is 3.62. The quantitative estimate of drug-likeness (QED) is 0.684. The van der Waals surface area contributed by atoms with Crippen molar-refractivity contribution in [2.75, 3.05) is 0 Å². The SMILES string of the molecule is C=Cc1[nH]c(C(=O)NC2CCC(N)C[C@H]2N)cc1/C=C(\C)Cl. The summed E-state index contributed by atoms with van der Waals surface area (Å²) in [5.74, 6) is -0.175. The van der Waals surface area contributed by atoms with E-state index < -0.39 is 0 Å². The second-order valence-corrected chi connectivity index (χ2v) is 6.40. The molecule has 1 amide bonds. The molecule has 2 rings (SSSR count). The second-order valence-electron chi connectivity index (χ2n) is 5.80. The van der Waals surface area contributed by atoms with E-state index in [0.29, 0.717) is 10.7 Å². The van der Waals surface area contributed by atoms with Gasteiger partial charge in [0, 0.05) is 34.4 Å². The number of nitrogens with one attached hydrogen (secondary N) is 2. The zero-order chi connectivity index (χ0) is 16.3. The molecule has 1 fully saturated rings. The van der Waals surface area contributed by atoms with E-state index in [2.05, 4.69) is 16.9 Å². The molecular formula is C16H23ClN4O. The van der Waals surface area contributed by atoms with E-state index in [1.807, 2.05) is 0 Å². The Kier molecular flexibility index (Phi) is 5.45. The van der Waals surface area contributed by atoms with Crippen LogP contribution in [0.4, 0.5) is 0 Å². The van der Waals surface area contributed by atoms with Crippen LogP contribution < -0.4 is 16.8 Å². The molecule has 1 aromatic heterocycles. The highest BCUT2D eigenvalue weighted by Gasteiger charge is 2.28. The number of amides is 1. The molecule has 0 aliphatic heterocycles. The predicted molar refractivity (Wildman–Crippen MR) is 91.4 cm³/mol. The Morgan fingerprint density at radius 1 is 1.50 bits per heavy atom. The minimum atomic E-state index is -0.175. The average Bonchev–Trinajstić information content (AvgIpc) is 2.84. The van der Waals surface area contributed by atoms with Crippen molar-refractivity contribution in [1.82, 2.24) is 10.3 Å². The van der Waals surface area contributed by atoms with E-state index in [-0.39, 0.29) is 24.0 Å². The zero-order valence-electron chi connectivity index (χ0n) is 12.7. The third-order valence-corrected chi connectivity index (χ3v) is 4.05. The topological polar surface area (TPSA) is 96.9 Å². The normalized spacial score (nSPS) is 25.8. The molecule has 0 spiro atoms. The van der Waals surface area contributed by atoms with E-state index in [9.17, 15) is 4.79 Å². The Hall–Kier alpha value is -1.56. The molecule has 1 heterocycles. The van der Waals surface area contributed by atoms with Crippen molar-refractivity contribution in [3.63, 3.8) is 0 Å². The molecule has 1 saturated carbocycles. The van der Waals surface area contributed by atoms with Crippen LogP contribution in [-0.4, -0.2) is 29.0 Å². The molecule has 3 atom stereocenters. The molecular weight excluding hydrogens is 300 g/mol. The molecule has 120 valence electrons. The van der Waals surface area contributed by atoms with Gasteiger partial charge in [0.25, 0.3) is 5.91 Å². The first kappa shape index (κ1) is 16.8. The fraction of sp³-hybridized carbons (Fsp3) is 0.438. The van der Waals surface area contributed by atoms with Gasteiger partial charge >= 0.3 is 0 Å². The van der Waals surface area contributed by atoms with Gasteiger partial charge in [0.05, 0.1) is 0 Å². The number of H-pyrrole nitrogens is 1. The van der Waals surface area contributed by atoms with Gasteiger partial charge in [-0.3, -0.25) is 4.79 Å². The van der Waals surface area contributed by atoms with Crippen molar-refractivity contribution in [2.45, 2.75) is 44.3 Å². The number of hydrogen-bond acceptors (Lipinski definition) is 3. The lowest BCUT2D eigenvalue weighted by Crippen LogP contribution is -2.53. The Morgan fingerprint density at radius 3 is 2.82 bits per heavy atom. The van der Waals surface area contributed by atoms with Crippen molar-refractivity contribution in [2.24, 2.45) is 11.5 Å². The number of hydrogen-bond donors (Lipinski definition) is 4. The van der Waals surface area contributed by atoms with Crippen LogP contribution in [0.3, 0.4) is 0 Å². The van der Waals surface area contributed by atoms with E-state index in [1.165, 1.54) is 0 Å². The van der Waals surface area contributed by atoms with Crippen LogP contribution in [0.25, 0.3) is 12.2 Å². The molecule has 6 N–H and O–H groups in total. The van der Waals surface area contributed by atoms with Crippen molar-refractivity contribution >= 4 is 29.7 Å². The summed E-state index contributed by atoms with van der Waals surface area (Å²) in [4.78, 5) is 15.4. The number of nitrogens with two attached hydrogens (primary N) is 2. The number of halogens is 1. The van der Waals surface area contributed by atoms with Gasteiger partial charge < -0.3 is 21.8 Å². The van der Waals surface area contributed by atoms with Crippen LogP contribution >= 0.6 is 11.6 Å². The van der Waals surface area contributed by atoms with Crippen LogP contribution in [0.15, 0.2) is 17.7 Å². The smallest absolute Gasteiger partial charge is 0.268 e. The summed E-state index contributed by atoms with van der Waals surface area (Å²) in [7, 11) is 0. The summed E-state index contributed by atoms with van der Waals surface area (Å²) < 4.78 is 0. The van der Waals surface area contributed by atoms with Crippen molar-refractivity contribution in [3.05, 3.63) is 34.6 Å². The monoisotopic (exact) mass is 322 g/mol. The number of allylic oxidation sites excluding steroid dienone is 1. The highest BCUT2D eigenvalue weighted by molar-refractivity contribution is 6.31. The third kappa shape index (κ3) is 4.00. The van der Waals surface area contributed by atoms with E-state index in [4.69, 9.17) is 23.1 Å². The lowest BCUT2D eigenvalue weighted by Gasteiger charge is -2.32. The van der Waals surface area contributed by atoms with Gasteiger partial charge in [0.1, 0.15) is 5.69 Å². The fourth-order valence-electron chi connectivity index (χ4n) is 2.78. The van der Waals surface area contributed by atoms with Gasteiger partial charge in [-0.15, -0.1) is 0 Å². The molecule has 22 heavy (non-hydrogen) atoms. The Labute approximate surface area is 135 Å². The lowest BCUT2D eigenvalue weighted by atomic mass is 9.87. The second kappa shape index (κ2) is 7.13. The molecule has 5 nitrogen and oxygen atoms in total. The molecule has 6 heteroatoms. The Bertz CT molecular complexity index is 589. The van der Waals surface area contributed by atoms with E-state index in [0.717, 1.165) is 30.5 Å². The minimum Gasteiger partial charge on any atom is -0.351 e. The van der Waals surface area contributed by atoms with Crippen molar-refractivity contribution in [3.8, 4) is 0 Å².